The van der Waals surface area contributed by atoms with E-state index in [1.54, 1.807) is 0 Å². The van der Waals surface area contributed by atoms with E-state index in [0.29, 0.717) is 17.3 Å². The van der Waals surface area contributed by atoms with Gasteiger partial charge >= 0.3 is 21.2 Å². The highest BCUT2D eigenvalue weighted by Crippen LogP contribution is 2.34. The van der Waals surface area contributed by atoms with Crippen molar-refractivity contribution in [1.82, 2.24) is 13.7 Å². The quantitative estimate of drug-likeness (QED) is 0.305. The van der Waals surface area contributed by atoms with E-state index in [9.17, 15) is 40.4 Å². The first-order chi connectivity index (χ1) is 18.7. The van der Waals surface area contributed by atoms with Crippen molar-refractivity contribution in [2.24, 2.45) is 7.05 Å². The maximum Gasteiger partial charge on any atom is 0.516 e. The largest absolute Gasteiger partial charge is 0.516 e. The number of alkyl halides is 3. The van der Waals surface area contributed by atoms with Crippen molar-refractivity contribution < 1.29 is 26.0 Å². The third-order valence-electron chi connectivity index (χ3n) is 6.22. The summed E-state index contributed by atoms with van der Waals surface area (Å²) in [5, 5.41) is 2.57. The topological polar surface area (TPSA) is 124 Å². The Morgan fingerprint density at radius 2 is 1.70 bits per heavy atom. The van der Waals surface area contributed by atoms with Crippen LogP contribution in [0.15, 0.2) is 67.4 Å². The van der Waals surface area contributed by atoms with Crippen molar-refractivity contribution >= 4 is 54.0 Å². The van der Waals surface area contributed by atoms with Crippen LogP contribution >= 0.6 is 15.9 Å². The van der Waals surface area contributed by atoms with Crippen molar-refractivity contribution in [3.8, 4) is 5.69 Å². The van der Waals surface area contributed by atoms with E-state index in [1.807, 2.05) is 0 Å². The number of rotatable bonds is 6. The number of anilines is 3. The second-order valence-corrected chi connectivity index (χ2v) is 11.6. The highest BCUT2D eigenvalue weighted by atomic mass is 79.9. The summed E-state index contributed by atoms with van der Waals surface area (Å²) >= 11 is 3.15. The van der Waals surface area contributed by atoms with Crippen molar-refractivity contribution in [2.75, 3.05) is 10.0 Å². The molecule has 2 N–H and O–H groups in total. The van der Waals surface area contributed by atoms with Crippen LogP contribution in [0.5, 0.6) is 0 Å². The van der Waals surface area contributed by atoms with Crippen LogP contribution in [0, 0.1) is 5.82 Å². The van der Waals surface area contributed by atoms with E-state index >= 15 is 0 Å². The van der Waals surface area contributed by atoms with E-state index in [-0.39, 0.29) is 28.1 Å². The molecule has 0 unspecified atom stereocenters. The van der Waals surface area contributed by atoms with Crippen LogP contribution < -0.4 is 26.8 Å². The van der Waals surface area contributed by atoms with Gasteiger partial charge in [0, 0.05) is 23.6 Å². The molecule has 0 atom stereocenters. The number of aryl methyl sites for hydroxylation is 1. The van der Waals surface area contributed by atoms with Gasteiger partial charge in [0.2, 0.25) is 0 Å². The number of hydrogen-bond acceptors (Lipinski definition) is 6. The molecule has 0 amide bonds. The van der Waals surface area contributed by atoms with Gasteiger partial charge in [0.1, 0.15) is 16.9 Å². The van der Waals surface area contributed by atoms with E-state index in [4.69, 9.17) is 0 Å². The van der Waals surface area contributed by atoms with Crippen LogP contribution in [0.25, 0.3) is 16.7 Å². The molecular formula is C24H18BrF4N5O5S. The zero-order valence-electron chi connectivity index (χ0n) is 20.3. The molecule has 1 aliphatic rings. The van der Waals surface area contributed by atoms with Crippen LogP contribution in [-0.4, -0.2) is 27.6 Å². The number of fused-ring (bicyclic) bond motifs is 1. The van der Waals surface area contributed by atoms with Crippen LogP contribution in [-0.2, 0) is 17.1 Å². The Balaban J connectivity index is 1.81. The standard InChI is InChI=1S/C24H18BrF4N5O5S/c1-32-19(35)11-18(30-17-8-5-12(25)9-16(17)26)20-21(32)33(23(37)34(22(20)36)14-6-7-14)15-4-2-3-13(10-15)31-40(38,39)24(27,28)29/h2-5,8-11,14,30-31H,6-7H2,1H3. The second-order valence-electron chi connectivity index (χ2n) is 9.03. The van der Waals surface area contributed by atoms with E-state index in [1.165, 1.54) is 36.0 Å². The van der Waals surface area contributed by atoms with Crippen LogP contribution in [0.3, 0.4) is 0 Å². The Bertz CT molecular complexity index is 1980. The third kappa shape index (κ3) is 4.81. The van der Waals surface area contributed by atoms with Gasteiger partial charge < -0.3 is 5.32 Å². The fourth-order valence-electron chi connectivity index (χ4n) is 4.21. The van der Waals surface area contributed by atoms with E-state index in [2.05, 4.69) is 21.2 Å². The molecule has 4 aromatic rings. The first-order valence-electron chi connectivity index (χ1n) is 11.5. The number of pyridine rings is 1. The predicted octanol–water partition coefficient (Wildman–Crippen LogP) is 4.09. The molecule has 0 spiro atoms. The van der Waals surface area contributed by atoms with Gasteiger partial charge in [0.25, 0.3) is 11.1 Å². The smallest absolute Gasteiger partial charge is 0.352 e. The lowest BCUT2D eigenvalue weighted by molar-refractivity contribution is -0.0429. The lowest BCUT2D eigenvalue weighted by atomic mass is 10.2. The lowest BCUT2D eigenvalue weighted by Crippen LogP contribution is -2.41. The van der Waals surface area contributed by atoms with Crippen molar-refractivity contribution in [3.63, 3.8) is 0 Å². The summed E-state index contributed by atoms with van der Waals surface area (Å²) in [6.45, 7) is 0. The van der Waals surface area contributed by atoms with Gasteiger partial charge in [0.05, 0.1) is 22.7 Å². The third-order valence-corrected chi connectivity index (χ3v) is 7.83. The summed E-state index contributed by atoms with van der Waals surface area (Å²) in [5.74, 6) is -0.705. The second kappa shape index (κ2) is 9.62. The number of halogens is 5. The minimum Gasteiger partial charge on any atom is -0.352 e. The summed E-state index contributed by atoms with van der Waals surface area (Å²) in [6.07, 6.45) is 1.00. The summed E-state index contributed by atoms with van der Waals surface area (Å²) in [7, 11) is -4.50. The molecule has 10 nitrogen and oxygen atoms in total. The van der Waals surface area contributed by atoms with E-state index in [0.717, 1.165) is 38.0 Å². The van der Waals surface area contributed by atoms with E-state index < -0.39 is 49.9 Å². The SMILES string of the molecule is Cn1c(=O)cc(Nc2ccc(Br)cc2F)c2c(=O)n(C3CC3)c(=O)n(-c3cccc(NS(=O)(=O)C(F)(F)F)c3)c21. The molecule has 1 aliphatic carbocycles. The molecule has 5 rings (SSSR count). The molecule has 1 saturated carbocycles. The number of hydrogen-bond donors (Lipinski definition) is 2. The van der Waals surface area contributed by atoms with Gasteiger partial charge in [-0.05, 0) is 49.2 Å². The number of sulfonamides is 1. The van der Waals surface area contributed by atoms with Crippen molar-refractivity contribution in [3.05, 3.63) is 90.0 Å². The zero-order chi connectivity index (χ0) is 29.1. The highest BCUT2D eigenvalue weighted by Gasteiger charge is 2.46. The molecule has 2 heterocycles. The fraction of sp³-hybridized carbons (Fsp3) is 0.208. The minimum absolute atomic E-state index is 0.0728. The molecule has 210 valence electrons. The molecule has 0 radical (unpaired) electrons. The monoisotopic (exact) mass is 643 g/mol. The molecule has 2 aromatic heterocycles. The first kappa shape index (κ1) is 27.6. The average molecular weight is 644 g/mol. The summed E-state index contributed by atoms with van der Waals surface area (Å²) < 4.78 is 81.6. The number of aromatic nitrogens is 3. The van der Waals surface area contributed by atoms with Gasteiger partial charge in [-0.1, -0.05) is 22.0 Å². The molecule has 0 saturated heterocycles. The molecular weight excluding hydrogens is 626 g/mol. The highest BCUT2D eigenvalue weighted by molar-refractivity contribution is 9.10. The number of benzene rings is 2. The average Bonchev–Trinajstić information content (AvgIpc) is 3.68. The maximum absolute atomic E-state index is 14.7. The van der Waals surface area contributed by atoms with Crippen LogP contribution in [0.2, 0.25) is 0 Å². The zero-order valence-corrected chi connectivity index (χ0v) is 22.7. The summed E-state index contributed by atoms with van der Waals surface area (Å²) in [6, 6.07) is 9.15. The lowest BCUT2D eigenvalue weighted by Gasteiger charge is -2.19. The summed E-state index contributed by atoms with van der Waals surface area (Å²) in [5.41, 5.74) is -9.02. The Hall–Kier alpha value is -3.92. The Kier molecular flexibility index (Phi) is 6.65. The predicted molar refractivity (Wildman–Crippen MR) is 143 cm³/mol. The molecule has 0 aliphatic heterocycles. The summed E-state index contributed by atoms with van der Waals surface area (Å²) in [4.78, 5) is 40.3. The molecule has 1 fully saturated rings. The van der Waals surface area contributed by atoms with Gasteiger partial charge in [-0.25, -0.2) is 13.8 Å². The van der Waals surface area contributed by atoms with Crippen molar-refractivity contribution in [1.29, 1.82) is 0 Å². The normalized spacial score (nSPS) is 13.9. The van der Waals surface area contributed by atoms with Crippen LogP contribution in [0.4, 0.5) is 34.6 Å². The van der Waals surface area contributed by atoms with Gasteiger partial charge in [-0.2, -0.15) is 21.6 Å². The van der Waals surface area contributed by atoms with Gasteiger partial charge in [0.15, 0.2) is 0 Å². The maximum atomic E-state index is 14.7. The van der Waals surface area contributed by atoms with Gasteiger partial charge in [-0.15, -0.1) is 0 Å². The Morgan fingerprint density at radius 3 is 2.33 bits per heavy atom. The van der Waals surface area contributed by atoms with Gasteiger partial charge in [-0.3, -0.25) is 23.4 Å². The Morgan fingerprint density at radius 1 is 1.00 bits per heavy atom. The number of nitrogens with zero attached hydrogens (tertiary/aromatic N) is 3. The molecule has 0 bridgehead atoms. The molecule has 2 aromatic carbocycles. The van der Waals surface area contributed by atoms with Crippen LogP contribution in [0.1, 0.15) is 18.9 Å². The molecule has 16 heteroatoms. The molecule has 40 heavy (non-hydrogen) atoms. The fourth-order valence-corrected chi connectivity index (χ4v) is 5.09. The number of nitrogens with one attached hydrogen (secondary N) is 2. The minimum atomic E-state index is -5.78. The first-order valence-corrected chi connectivity index (χ1v) is 13.8. The van der Waals surface area contributed by atoms with Crippen molar-refractivity contribution in [2.45, 2.75) is 24.4 Å². The Labute approximate surface area is 230 Å².